The fraction of sp³-hybridized carbons (Fsp3) is 0.0667. The first-order valence-corrected chi connectivity index (χ1v) is 6.48. The van der Waals surface area contributed by atoms with Crippen LogP contribution in [0.15, 0.2) is 36.5 Å². The van der Waals surface area contributed by atoms with E-state index in [1.807, 2.05) is 13.0 Å². The van der Waals surface area contributed by atoms with Gasteiger partial charge in [0.15, 0.2) is 0 Å². The summed E-state index contributed by atoms with van der Waals surface area (Å²) >= 11 is 5.94. The van der Waals surface area contributed by atoms with Crippen LogP contribution in [-0.2, 0) is 0 Å². The molecule has 3 aromatic rings. The van der Waals surface area contributed by atoms with Crippen LogP contribution in [0.3, 0.4) is 0 Å². The molecule has 20 heavy (non-hydrogen) atoms. The molecule has 4 nitrogen and oxygen atoms in total. The van der Waals surface area contributed by atoms with Gasteiger partial charge in [-0.2, -0.15) is 0 Å². The highest BCUT2D eigenvalue weighted by Crippen LogP contribution is 2.28. The molecule has 1 aromatic carbocycles. The molecule has 2 heterocycles. The van der Waals surface area contributed by atoms with Crippen LogP contribution in [0.25, 0.3) is 10.9 Å². The normalized spacial score (nSPS) is 10.9. The lowest BCUT2D eigenvalue weighted by Gasteiger charge is -2.00. The number of nitrogen functional groups attached to an aromatic ring is 1. The molecule has 0 aliphatic rings. The van der Waals surface area contributed by atoms with E-state index in [2.05, 4.69) is 9.97 Å². The number of pyridine rings is 1. The van der Waals surface area contributed by atoms with Gasteiger partial charge >= 0.3 is 0 Å². The SMILES string of the molecule is Cc1ccnc(C(=O)c2[nH]c3cc(Cl)ccc3c2N)c1. The molecule has 0 amide bonds. The topological polar surface area (TPSA) is 71.8 Å². The summed E-state index contributed by atoms with van der Waals surface area (Å²) in [6, 6.07) is 8.86. The molecule has 0 saturated carbocycles. The second-order valence-electron chi connectivity index (χ2n) is 4.65. The van der Waals surface area contributed by atoms with E-state index in [-0.39, 0.29) is 5.78 Å². The number of carbonyl (C=O) groups excluding carboxylic acids is 1. The first kappa shape index (κ1) is 12.7. The average molecular weight is 286 g/mol. The quantitative estimate of drug-likeness (QED) is 0.709. The number of ketones is 1. The van der Waals surface area contributed by atoms with Crippen molar-refractivity contribution in [2.75, 3.05) is 5.73 Å². The monoisotopic (exact) mass is 285 g/mol. The highest BCUT2D eigenvalue weighted by Gasteiger charge is 2.18. The number of benzene rings is 1. The van der Waals surface area contributed by atoms with Crippen LogP contribution in [0.5, 0.6) is 0 Å². The highest BCUT2D eigenvalue weighted by atomic mass is 35.5. The number of halogens is 1. The van der Waals surface area contributed by atoms with Crippen molar-refractivity contribution in [3.8, 4) is 0 Å². The van der Waals surface area contributed by atoms with E-state index in [9.17, 15) is 4.79 Å². The molecule has 5 heteroatoms. The molecular formula is C15H12ClN3O. The van der Waals surface area contributed by atoms with Crippen molar-refractivity contribution < 1.29 is 4.79 Å². The Morgan fingerprint density at radius 1 is 1.30 bits per heavy atom. The van der Waals surface area contributed by atoms with Crippen LogP contribution >= 0.6 is 11.6 Å². The third-order valence-corrected chi connectivity index (χ3v) is 3.41. The van der Waals surface area contributed by atoms with E-state index in [1.165, 1.54) is 0 Å². The fourth-order valence-electron chi connectivity index (χ4n) is 2.16. The number of rotatable bonds is 2. The van der Waals surface area contributed by atoms with Gasteiger partial charge in [-0.25, -0.2) is 0 Å². The van der Waals surface area contributed by atoms with Crippen molar-refractivity contribution in [3.63, 3.8) is 0 Å². The third-order valence-electron chi connectivity index (χ3n) is 3.18. The molecule has 3 N–H and O–H groups in total. The molecule has 0 bridgehead atoms. The van der Waals surface area contributed by atoms with Crippen LogP contribution in [-0.4, -0.2) is 15.8 Å². The highest BCUT2D eigenvalue weighted by molar-refractivity contribution is 6.31. The number of anilines is 1. The summed E-state index contributed by atoms with van der Waals surface area (Å²) in [5.74, 6) is -0.224. The van der Waals surface area contributed by atoms with Gasteiger partial charge in [0.1, 0.15) is 11.4 Å². The van der Waals surface area contributed by atoms with Crippen molar-refractivity contribution in [1.82, 2.24) is 9.97 Å². The number of hydrogen-bond donors (Lipinski definition) is 2. The Hall–Kier alpha value is -2.33. The standard InChI is InChI=1S/C15H12ClN3O/c1-8-4-5-18-12(6-8)15(20)14-13(17)10-3-2-9(16)7-11(10)19-14/h2-7,19H,17H2,1H3. The predicted molar refractivity (Wildman–Crippen MR) is 80.1 cm³/mol. The van der Waals surface area contributed by atoms with Gasteiger partial charge < -0.3 is 10.7 Å². The first-order valence-electron chi connectivity index (χ1n) is 6.10. The van der Waals surface area contributed by atoms with Crippen molar-refractivity contribution in [3.05, 3.63) is 58.5 Å². The van der Waals surface area contributed by atoms with E-state index in [0.717, 1.165) is 16.5 Å². The second-order valence-corrected chi connectivity index (χ2v) is 5.09. The van der Waals surface area contributed by atoms with Gasteiger partial charge in [0.25, 0.3) is 0 Å². The molecule has 3 rings (SSSR count). The smallest absolute Gasteiger partial charge is 0.229 e. The molecule has 0 spiro atoms. The largest absolute Gasteiger partial charge is 0.396 e. The molecule has 0 saturated heterocycles. The minimum Gasteiger partial charge on any atom is -0.396 e. The van der Waals surface area contributed by atoms with Gasteiger partial charge in [-0.3, -0.25) is 9.78 Å². The zero-order valence-corrected chi connectivity index (χ0v) is 11.5. The van der Waals surface area contributed by atoms with E-state index < -0.39 is 0 Å². The Morgan fingerprint density at radius 3 is 2.85 bits per heavy atom. The molecule has 2 aromatic heterocycles. The Kier molecular flexibility index (Phi) is 2.95. The number of nitrogens with two attached hydrogens (primary N) is 1. The molecular weight excluding hydrogens is 274 g/mol. The van der Waals surface area contributed by atoms with Gasteiger partial charge in [0.2, 0.25) is 5.78 Å². The van der Waals surface area contributed by atoms with Crippen LogP contribution in [0.2, 0.25) is 5.02 Å². The first-order chi connectivity index (χ1) is 9.56. The molecule has 0 aliphatic heterocycles. The second kappa shape index (κ2) is 4.65. The van der Waals surface area contributed by atoms with Crippen molar-refractivity contribution in [2.24, 2.45) is 0 Å². The number of fused-ring (bicyclic) bond motifs is 1. The summed E-state index contributed by atoms with van der Waals surface area (Å²) in [5, 5.41) is 1.37. The van der Waals surface area contributed by atoms with E-state index in [0.29, 0.717) is 22.1 Å². The lowest BCUT2D eigenvalue weighted by Crippen LogP contribution is -2.07. The predicted octanol–water partition coefficient (Wildman–Crippen LogP) is 3.34. The Morgan fingerprint density at radius 2 is 2.10 bits per heavy atom. The van der Waals surface area contributed by atoms with E-state index >= 15 is 0 Å². The van der Waals surface area contributed by atoms with Crippen LogP contribution < -0.4 is 5.73 Å². The molecule has 0 atom stereocenters. The van der Waals surface area contributed by atoms with Crippen molar-refractivity contribution >= 4 is 34.0 Å². The third kappa shape index (κ3) is 2.04. The Labute approximate surface area is 120 Å². The number of nitrogens with zero attached hydrogens (tertiary/aromatic N) is 1. The molecule has 100 valence electrons. The van der Waals surface area contributed by atoms with Gasteiger partial charge in [-0.1, -0.05) is 11.6 Å². The summed E-state index contributed by atoms with van der Waals surface area (Å²) in [5.41, 5.74) is 8.90. The number of H-pyrrole nitrogens is 1. The number of nitrogens with one attached hydrogen (secondary N) is 1. The number of hydrogen-bond acceptors (Lipinski definition) is 3. The molecule has 0 radical (unpaired) electrons. The maximum Gasteiger partial charge on any atom is 0.229 e. The van der Waals surface area contributed by atoms with Gasteiger partial charge in [-0.05, 0) is 42.8 Å². The number of aromatic amines is 1. The van der Waals surface area contributed by atoms with Crippen LogP contribution in [0.1, 0.15) is 21.7 Å². The summed E-state index contributed by atoms with van der Waals surface area (Å²) in [4.78, 5) is 19.6. The molecule has 0 fully saturated rings. The van der Waals surface area contributed by atoms with Crippen molar-refractivity contribution in [1.29, 1.82) is 0 Å². The van der Waals surface area contributed by atoms with E-state index in [1.54, 1.807) is 30.5 Å². The van der Waals surface area contributed by atoms with Crippen LogP contribution in [0, 0.1) is 6.92 Å². The minimum atomic E-state index is -0.224. The minimum absolute atomic E-state index is 0.224. The average Bonchev–Trinajstić information content (AvgIpc) is 2.74. The zero-order valence-electron chi connectivity index (χ0n) is 10.8. The Bertz CT molecular complexity index is 823. The molecule has 0 unspecified atom stereocenters. The van der Waals surface area contributed by atoms with E-state index in [4.69, 9.17) is 17.3 Å². The maximum atomic E-state index is 12.5. The van der Waals surface area contributed by atoms with Gasteiger partial charge in [0, 0.05) is 22.1 Å². The zero-order chi connectivity index (χ0) is 14.3. The fourth-order valence-corrected chi connectivity index (χ4v) is 2.33. The van der Waals surface area contributed by atoms with Gasteiger partial charge in [0.05, 0.1) is 5.69 Å². The number of carbonyl (C=O) groups is 1. The van der Waals surface area contributed by atoms with Gasteiger partial charge in [-0.15, -0.1) is 0 Å². The lowest BCUT2D eigenvalue weighted by atomic mass is 10.1. The summed E-state index contributed by atoms with van der Waals surface area (Å²) in [6.45, 7) is 1.91. The summed E-state index contributed by atoms with van der Waals surface area (Å²) in [7, 11) is 0. The number of aryl methyl sites for hydroxylation is 1. The van der Waals surface area contributed by atoms with Crippen molar-refractivity contribution in [2.45, 2.75) is 6.92 Å². The summed E-state index contributed by atoms with van der Waals surface area (Å²) in [6.07, 6.45) is 1.61. The number of aromatic nitrogens is 2. The van der Waals surface area contributed by atoms with Crippen LogP contribution in [0.4, 0.5) is 5.69 Å². The Balaban J connectivity index is 2.14. The molecule has 0 aliphatic carbocycles. The lowest BCUT2D eigenvalue weighted by molar-refractivity contribution is 0.103. The summed E-state index contributed by atoms with van der Waals surface area (Å²) < 4.78 is 0. The maximum absolute atomic E-state index is 12.5.